The molecule has 1 unspecified atom stereocenters. The first-order chi connectivity index (χ1) is 6.50. The summed E-state index contributed by atoms with van der Waals surface area (Å²) >= 11 is 1.75. The van der Waals surface area contributed by atoms with Crippen LogP contribution in [0.25, 0.3) is 0 Å². The van der Waals surface area contributed by atoms with E-state index < -0.39 is 0 Å². The number of nitrogens with zero attached hydrogens (tertiary/aromatic N) is 1. The van der Waals surface area contributed by atoms with Crippen molar-refractivity contribution in [3.05, 3.63) is 22.4 Å². The minimum Gasteiger partial charge on any atom is -0.311 e. The van der Waals surface area contributed by atoms with Crippen molar-refractivity contribution in [2.75, 3.05) is 21.1 Å². The standard InChI is InChI=1S/C11H20N2S/c1-11(2,13(4)5)10(12-3)9-6-7-14-8-9/h6-8,10,12H,1-5H3. The summed E-state index contributed by atoms with van der Waals surface area (Å²) in [6, 6.07) is 2.57. The lowest BCUT2D eigenvalue weighted by Crippen LogP contribution is -2.48. The summed E-state index contributed by atoms with van der Waals surface area (Å²) in [4.78, 5) is 2.26. The summed E-state index contributed by atoms with van der Waals surface area (Å²) in [6.07, 6.45) is 0. The van der Waals surface area contributed by atoms with Crippen molar-refractivity contribution in [2.45, 2.75) is 25.4 Å². The predicted octanol–water partition coefficient (Wildman–Crippen LogP) is 2.35. The Morgan fingerprint density at radius 2 is 2.07 bits per heavy atom. The Morgan fingerprint density at radius 3 is 2.43 bits per heavy atom. The van der Waals surface area contributed by atoms with Gasteiger partial charge in [0.05, 0.1) is 6.04 Å². The normalized spacial score (nSPS) is 14.7. The van der Waals surface area contributed by atoms with Crippen molar-refractivity contribution in [3.8, 4) is 0 Å². The van der Waals surface area contributed by atoms with Gasteiger partial charge in [-0.05, 0) is 57.4 Å². The highest BCUT2D eigenvalue weighted by Gasteiger charge is 2.31. The molecule has 0 spiro atoms. The molecule has 0 bridgehead atoms. The third kappa shape index (κ3) is 2.16. The van der Waals surface area contributed by atoms with Gasteiger partial charge in [-0.1, -0.05) is 0 Å². The molecule has 0 aliphatic rings. The van der Waals surface area contributed by atoms with Gasteiger partial charge in [0.2, 0.25) is 0 Å². The number of hydrogen-bond acceptors (Lipinski definition) is 3. The molecular weight excluding hydrogens is 192 g/mol. The van der Waals surface area contributed by atoms with Gasteiger partial charge < -0.3 is 10.2 Å². The van der Waals surface area contributed by atoms with Gasteiger partial charge in [-0.15, -0.1) is 0 Å². The highest BCUT2D eigenvalue weighted by molar-refractivity contribution is 7.07. The lowest BCUT2D eigenvalue weighted by Gasteiger charge is -2.39. The van der Waals surface area contributed by atoms with Crippen molar-refractivity contribution in [2.24, 2.45) is 0 Å². The van der Waals surface area contributed by atoms with Gasteiger partial charge in [0, 0.05) is 5.54 Å². The summed E-state index contributed by atoms with van der Waals surface area (Å²) in [5.74, 6) is 0. The molecule has 0 amide bonds. The van der Waals surface area contributed by atoms with E-state index in [1.54, 1.807) is 11.3 Å². The molecular formula is C11H20N2S. The zero-order valence-electron chi connectivity index (χ0n) is 9.66. The molecule has 2 nitrogen and oxygen atoms in total. The van der Waals surface area contributed by atoms with Crippen LogP contribution in [0.3, 0.4) is 0 Å². The molecule has 1 aromatic heterocycles. The maximum absolute atomic E-state index is 3.39. The van der Waals surface area contributed by atoms with Crippen LogP contribution in [0.1, 0.15) is 25.5 Å². The second-order valence-corrected chi connectivity index (χ2v) is 5.11. The van der Waals surface area contributed by atoms with E-state index >= 15 is 0 Å². The maximum Gasteiger partial charge on any atom is 0.0507 e. The Labute approximate surface area is 90.9 Å². The summed E-state index contributed by atoms with van der Waals surface area (Å²) in [5, 5.41) is 7.74. The second kappa shape index (κ2) is 4.43. The fourth-order valence-electron chi connectivity index (χ4n) is 1.63. The number of likely N-dealkylation sites (N-methyl/N-ethyl adjacent to an activating group) is 2. The third-order valence-corrected chi connectivity index (χ3v) is 3.73. The van der Waals surface area contributed by atoms with Crippen LogP contribution in [0.5, 0.6) is 0 Å². The van der Waals surface area contributed by atoms with Gasteiger partial charge in [-0.25, -0.2) is 0 Å². The van der Waals surface area contributed by atoms with E-state index in [0.29, 0.717) is 6.04 Å². The highest BCUT2D eigenvalue weighted by Crippen LogP contribution is 2.30. The number of hydrogen-bond donors (Lipinski definition) is 1. The van der Waals surface area contributed by atoms with E-state index in [0.717, 1.165) is 0 Å². The van der Waals surface area contributed by atoms with Gasteiger partial charge >= 0.3 is 0 Å². The Hall–Kier alpha value is -0.380. The Morgan fingerprint density at radius 1 is 1.43 bits per heavy atom. The van der Waals surface area contributed by atoms with Crippen LogP contribution in [0.4, 0.5) is 0 Å². The molecule has 0 saturated carbocycles. The van der Waals surface area contributed by atoms with Crippen molar-refractivity contribution >= 4 is 11.3 Å². The van der Waals surface area contributed by atoms with Crippen molar-refractivity contribution < 1.29 is 0 Å². The smallest absolute Gasteiger partial charge is 0.0507 e. The Bertz CT molecular complexity index is 265. The van der Waals surface area contributed by atoms with Crippen LogP contribution in [0, 0.1) is 0 Å². The van der Waals surface area contributed by atoms with Gasteiger partial charge in [0.15, 0.2) is 0 Å². The van der Waals surface area contributed by atoms with E-state index in [1.165, 1.54) is 5.56 Å². The summed E-state index contributed by atoms with van der Waals surface area (Å²) in [7, 11) is 6.26. The van der Waals surface area contributed by atoms with Crippen LogP contribution in [-0.2, 0) is 0 Å². The molecule has 0 fully saturated rings. The first-order valence-electron chi connectivity index (χ1n) is 4.87. The van der Waals surface area contributed by atoms with Gasteiger partial charge in [-0.3, -0.25) is 0 Å². The summed E-state index contributed by atoms with van der Waals surface area (Å²) in [6.45, 7) is 4.51. The lowest BCUT2D eigenvalue weighted by molar-refractivity contribution is 0.143. The lowest BCUT2D eigenvalue weighted by atomic mass is 9.89. The summed E-state index contributed by atoms with van der Waals surface area (Å²) in [5.41, 5.74) is 1.49. The van der Waals surface area contributed by atoms with Gasteiger partial charge in [0.25, 0.3) is 0 Å². The maximum atomic E-state index is 3.39. The average molecular weight is 212 g/mol. The van der Waals surface area contributed by atoms with E-state index in [9.17, 15) is 0 Å². The average Bonchev–Trinajstić information content (AvgIpc) is 2.57. The first kappa shape index (κ1) is 11.7. The van der Waals surface area contributed by atoms with Crippen LogP contribution < -0.4 is 5.32 Å². The van der Waals surface area contributed by atoms with E-state index in [-0.39, 0.29) is 5.54 Å². The van der Waals surface area contributed by atoms with Gasteiger partial charge in [-0.2, -0.15) is 11.3 Å². The fourth-order valence-corrected chi connectivity index (χ4v) is 2.31. The zero-order valence-corrected chi connectivity index (χ0v) is 10.5. The fraction of sp³-hybridized carbons (Fsp3) is 0.636. The molecule has 1 rings (SSSR count). The quantitative estimate of drug-likeness (QED) is 0.824. The van der Waals surface area contributed by atoms with Gasteiger partial charge in [0.1, 0.15) is 0 Å². The van der Waals surface area contributed by atoms with Crippen molar-refractivity contribution in [1.82, 2.24) is 10.2 Å². The number of thiophene rings is 1. The molecule has 0 aliphatic heterocycles. The Balaban J connectivity index is 2.92. The molecule has 1 atom stereocenters. The van der Waals surface area contributed by atoms with Crippen LogP contribution in [0.15, 0.2) is 16.8 Å². The molecule has 1 heterocycles. The third-order valence-electron chi connectivity index (χ3n) is 3.02. The molecule has 0 aromatic carbocycles. The first-order valence-corrected chi connectivity index (χ1v) is 5.81. The molecule has 0 radical (unpaired) electrons. The zero-order chi connectivity index (χ0) is 10.8. The molecule has 80 valence electrons. The minimum atomic E-state index is 0.121. The number of rotatable bonds is 4. The molecule has 1 N–H and O–H groups in total. The van der Waals surface area contributed by atoms with Crippen LogP contribution in [-0.4, -0.2) is 31.6 Å². The van der Waals surface area contributed by atoms with E-state index in [2.05, 4.69) is 55.0 Å². The second-order valence-electron chi connectivity index (χ2n) is 4.33. The minimum absolute atomic E-state index is 0.121. The molecule has 1 aromatic rings. The van der Waals surface area contributed by atoms with E-state index in [4.69, 9.17) is 0 Å². The monoisotopic (exact) mass is 212 g/mol. The van der Waals surface area contributed by atoms with E-state index in [1.807, 2.05) is 7.05 Å². The van der Waals surface area contributed by atoms with Crippen molar-refractivity contribution in [1.29, 1.82) is 0 Å². The molecule has 14 heavy (non-hydrogen) atoms. The van der Waals surface area contributed by atoms with Crippen molar-refractivity contribution in [3.63, 3.8) is 0 Å². The molecule has 3 heteroatoms. The summed E-state index contributed by atoms with van der Waals surface area (Å²) < 4.78 is 0. The molecule has 0 aliphatic carbocycles. The predicted molar refractivity (Wildman–Crippen MR) is 63.9 cm³/mol. The van der Waals surface area contributed by atoms with Crippen LogP contribution in [0.2, 0.25) is 0 Å². The largest absolute Gasteiger partial charge is 0.311 e. The molecule has 0 saturated heterocycles. The highest BCUT2D eigenvalue weighted by atomic mass is 32.1. The topological polar surface area (TPSA) is 15.3 Å². The SMILES string of the molecule is CNC(c1ccsc1)C(C)(C)N(C)C. The Kier molecular flexibility index (Phi) is 3.70. The number of nitrogens with one attached hydrogen (secondary N) is 1. The van der Waals surface area contributed by atoms with Crippen LogP contribution >= 0.6 is 11.3 Å².